The van der Waals surface area contributed by atoms with Crippen LogP contribution in [0.5, 0.6) is 0 Å². The number of unbranched alkanes of at least 4 members (excludes halogenated alkanes) is 18. The first-order chi connectivity index (χ1) is 24.4. The lowest BCUT2D eigenvalue weighted by Crippen LogP contribution is -2.22. The summed E-state index contributed by atoms with van der Waals surface area (Å²) in [7, 11) is 0. The van der Waals surface area contributed by atoms with E-state index in [1.54, 1.807) is 0 Å². The van der Waals surface area contributed by atoms with Crippen molar-refractivity contribution in [2.24, 2.45) is 17.8 Å². The van der Waals surface area contributed by atoms with Crippen molar-refractivity contribution in [1.29, 1.82) is 0 Å². The maximum Gasteiger partial charge on any atom is 0.336 e. The number of benzene rings is 1. The molecule has 6 heteroatoms. The Morgan fingerprint density at radius 2 is 0.549 bits per heavy atom. The van der Waals surface area contributed by atoms with Crippen LogP contribution in [0.15, 0.2) is 0 Å². The number of carbonyl (C=O) groups is 3. The molecule has 0 aliphatic rings. The third-order valence-electron chi connectivity index (χ3n) is 10.6. The van der Waals surface area contributed by atoms with E-state index in [1.807, 2.05) is 0 Å². The van der Waals surface area contributed by atoms with Crippen LogP contribution in [0.4, 0.5) is 0 Å². The Morgan fingerprint density at radius 1 is 0.333 bits per heavy atom. The lowest BCUT2D eigenvalue weighted by atomic mass is 9.80. The van der Waals surface area contributed by atoms with E-state index in [9.17, 15) is 29.7 Å². The molecule has 0 saturated carbocycles. The van der Waals surface area contributed by atoms with Gasteiger partial charge in [-0.1, -0.05) is 176 Å². The number of rotatable bonds is 33. The maximum absolute atomic E-state index is 13.0. The number of aromatic carboxylic acids is 3. The fourth-order valence-electron chi connectivity index (χ4n) is 7.66. The van der Waals surface area contributed by atoms with E-state index in [0.29, 0.717) is 30.4 Å². The highest BCUT2D eigenvalue weighted by Crippen LogP contribution is 2.34. The van der Waals surface area contributed by atoms with E-state index in [0.717, 1.165) is 88.4 Å². The summed E-state index contributed by atoms with van der Waals surface area (Å²) in [5.41, 5.74) is 0.860. The summed E-state index contributed by atoms with van der Waals surface area (Å²) >= 11 is 0. The van der Waals surface area contributed by atoms with Crippen LogP contribution in [0, 0.1) is 17.8 Å². The van der Waals surface area contributed by atoms with Gasteiger partial charge < -0.3 is 15.3 Å². The minimum atomic E-state index is -1.33. The fraction of sp³-hybridized carbons (Fsp3) is 0.800. The smallest absolute Gasteiger partial charge is 0.336 e. The van der Waals surface area contributed by atoms with Gasteiger partial charge in [-0.05, 0) is 73.0 Å². The van der Waals surface area contributed by atoms with E-state index >= 15 is 0 Å². The van der Waals surface area contributed by atoms with Crippen molar-refractivity contribution in [3.8, 4) is 0 Å². The van der Waals surface area contributed by atoms with E-state index in [4.69, 9.17) is 0 Å². The van der Waals surface area contributed by atoms with Gasteiger partial charge in [-0.25, -0.2) is 14.4 Å². The third kappa shape index (κ3) is 20.5. The van der Waals surface area contributed by atoms with Crippen LogP contribution in [-0.2, 0) is 19.3 Å². The average molecular weight is 715 g/mol. The van der Waals surface area contributed by atoms with Crippen LogP contribution in [0.25, 0.3) is 0 Å². The van der Waals surface area contributed by atoms with Gasteiger partial charge in [0.2, 0.25) is 0 Å². The predicted molar refractivity (Wildman–Crippen MR) is 214 cm³/mol. The molecule has 3 N–H and O–H groups in total. The molecule has 0 heterocycles. The standard InChI is InChI=1S/C45H78O6/c1-34(2)28-22-16-10-7-13-19-25-31-37-38(32-26-20-14-8-11-17-23-29-35(3)4)41(44(48)49)42(45(50)51)39(40(37)43(46)47)33-27-21-15-9-12-18-24-30-36(5)6/h34-36H,7-33H2,1-6H3,(H,46,47)(H,48,49)(H,50,51). The molecule has 1 aromatic carbocycles. The zero-order chi connectivity index (χ0) is 38.0. The van der Waals surface area contributed by atoms with Crippen LogP contribution < -0.4 is 0 Å². The number of hydrogen-bond acceptors (Lipinski definition) is 3. The molecule has 0 fully saturated rings. The zero-order valence-corrected chi connectivity index (χ0v) is 33.9. The highest BCUT2D eigenvalue weighted by atomic mass is 16.4. The van der Waals surface area contributed by atoms with Gasteiger partial charge in [0.25, 0.3) is 0 Å². The SMILES string of the molecule is CC(C)CCCCCCCCCc1c(CCCCCCCCCC(C)C)c(C(=O)O)c(C(=O)O)c(CCCCCCCCCC(C)C)c1C(=O)O. The van der Waals surface area contributed by atoms with Crippen LogP contribution in [-0.4, -0.2) is 33.2 Å². The first kappa shape index (κ1) is 46.7. The zero-order valence-electron chi connectivity index (χ0n) is 33.9. The predicted octanol–water partition coefficient (Wildman–Crippen LogP) is 13.7. The summed E-state index contributed by atoms with van der Waals surface area (Å²) in [5.74, 6) is -1.52. The monoisotopic (exact) mass is 715 g/mol. The normalized spacial score (nSPS) is 11.7. The van der Waals surface area contributed by atoms with E-state index < -0.39 is 17.9 Å². The molecule has 0 unspecified atom stereocenters. The van der Waals surface area contributed by atoms with Gasteiger partial charge in [0.15, 0.2) is 0 Å². The Bertz CT molecular complexity index is 1120. The molecular weight excluding hydrogens is 636 g/mol. The molecule has 6 nitrogen and oxygen atoms in total. The van der Waals surface area contributed by atoms with E-state index in [2.05, 4.69) is 41.5 Å². The summed E-state index contributed by atoms with van der Waals surface area (Å²) in [4.78, 5) is 38.7. The second-order valence-electron chi connectivity index (χ2n) is 16.7. The van der Waals surface area contributed by atoms with Gasteiger partial charge in [0, 0.05) is 0 Å². The second kappa shape index (κ2) is 28.2. The van der Waals surface area contributed by atoms with E-state index in [-0.39, 0.29) is 28.7 Å². The Hall–Kier alpha value is -2.37. The minimum Gasteiger partial charge on any atom is -0.478 e. The number of carboxylic acid groups (broad SMARTS) is 3. The van der Waals surface area contributed by atoms with Gasteiger partial charge in [0.1, 0.15) is 0 Å². The van der Waals surface area contributed by atoms with Crippen molar-refractivity contribution in [2.45, 2.75) is 215 Å². The number of hydrogen-bond donors (Lipinski definition) is 3. The first-order valence-corrected chi connectivity index (χ1v) is 21.3. The quantitative estimate of drug-likeness (QED) is 0.0625. The fourth-order valence-corrected chi connectivity index (χ4v) is 7.66. The summed E-state index contributed by atoms with van der Waals surface area (Å²) in [6, 6.07) is 0. The largest absolute Gasteiger partial charge is 0.478 e. The van der Waals surface area contributed by atoms with E-state index in [1.165, 1.54) is 77.0 Å². The molecule has 0 atom stereocenters. The van der Waals surface area contributed by atoms with Gasteiger partial charge in [-0.3, -0.25) is 0 Å². The van der Waals surface area contributed by atoms with Crippen molar-refractivity contribution >= 4 is 17.9 Å². The lowest BCUT2D eigenvalue weighted by molar-refractivity contribution is 0.0646. The van der Waals surface area contributed by atoms with Crippen molar-refractivity contribution in [1.82, 2.24) is 0 Å². The minimum absolute atomic E-state index is 0.0694. The second-order valence-corrected chi connectivity index (χ2v) is 16.7. The highest BCUT2D eigenvalue weighted by molar-refractivity contribution is 6.07. The summed E-state index contributed by atoms with van der Waals surface area (Å²) in [5, 5.41) is 31.6. The van der Waals surface area contributed by atoms with Crippen LogP contribution in [0.1, 0.15) is 243 Å². The van der Waals surface area contributed by atoms with Gasteiger partial charge >= 0.3 is 17.9 Å². The van der Waals surface area contributed by atoms with Crippen LogP contribution in [0.3, 0.4) is 0 Å². The van der Waals surface area contributed by atoms with Crippen molar-refractivity contribution in [3.63, 3.8) is 0 Å². The maximum atomic E-state index is 13.0. The molecule has 0 aliphatic carbocycles. The number of carboxylic acids is 3. The van der Waals surface area contributed by atoms with Crippen molar-refractivity contribution < 1.29 is 29.7 Å². The highest BCUT2D eigenvalue weighted by Gasteiger charge is 2.32. The molecule has 0 amide bonds. The van der Waals surface area contributed by atoms with Crippen LogP contribution in [0.2, 0.25) is 0 Å². The molecule has 0 spiro atoms. The molecule has 0 radical (unpaired) electrons. The van der Waals surface area contributed by atoms with Gasteiger partial charge in [-0.2, -0.15) is 0 Å². The summed E-state index contributed by atoms with van der Waals surface area (Å²) in [6.07, 6.45) is 27.3. The molecule has 0 saturated heterocycles. The molecule has 294 valence electrons. The molecule has 0 bridgehead atoms. The lowest BCUT2D eigenvalue weighted by Gasteiger charge is -2.22. The van der Waals surface area contributed by atoms with Crippen molar-refractivity contribution in [3.05, 3.63) is 33.4 Å². The Labute approximate surface area is 313 Å². The molecule has 1 rings (SSSR count). The topological polar surface area (TPSA) is 112 Å². The molecule has 51 heavy (non-hydrogen) atoms. The molecule has 0 aliphatic heterocycles. The molecule has 0 aromatic heterocycles. The Kier molecular flexibility index (Phi) is 25.8. The van der Waals surface area contributed by atoms with Gasteiger partial charge in [0.05, 0.1) is 16.7 Å². The van der Waals surface area contributed by atoms with Gasteiger partial charge in [-0.15, -0.1) is 0 Å². The average Bonchev–Trinajstić information content (AvgIpc) is 3.05. The summed E-state index contributed by atoms with van der Waals surface area (Å²) < 4.78 is 0. The summed E-state index contributed by atoms with van der Waals surface area (Å²) in [6.45, 7) is 13.5. The van der Waals surface area contributed by atoms with Crippen LogP contribution >= 0.6 is 0 Å². The first-order valence-electron chi connectivity index (χ1n) is 21.3. The Morgan fingerprint density at radius 3 is 0.824 bits per heavy atom. The molecule has 1 aromatic rings. The molecular formula is C45H78O6. The third-order valence-corrected chi connectivity index (χ3v) is 10.6. The Balaban J connectivity index is 3.18. The van der Waals surface area contributed by atoms with Crippen molar-refractivity contribution in [2.75, 3.05) is 0 Å².